The molecule has 0 N–H and O–H groups in total. The number of imidazole rings is 1. The summed E-state index contributed by atoms with van der Waals surface area (Å²) in [4.78, 5) is 8.18. The fourth-order valence-electron chi connectivity index (χ4n) is 1.59. The number of nitrogens with zero attached hydrogens (tertiary/aromatic N) is 3. The molecule has 0 atom stereocenters. The highest BCUT2D eigenvalue weighted by Crippen LogP contribution is 2.20. The monoisotopic (exact) mass is 221 g/mol. The van der Waals surface area contributed by atoms with E-state index in [4.69, 9.17) is 11.6 Å². The van der Waals surface area contributed by atoms with Crippen molar-refractivity contribution in [3.8, 4) is 0 Å². The van der Waals surface area contributed by atoms with Crippen LogP contribution in [0.4, 0.5) is 4.39 Å². The van der Waals surface area contributed by atoms with Gasteiger partial charge in [-0.1, -0.05) is 11.6 Å². The highest BCUT2D eigenvalue weighted by molar-refractivity contribution is 6.32. The molecule has 5 heteroatoms. The third-order valence-electron chi connectivity index (χ3n) is 2.24. The lowest BCUT2D eigenvalue weighted by Crippen LogP contribution is -1.92. The van der Waals surface area contributed by atoms with Gasteiger partial charge in [-0.3, -0.25) is 4.40 Å². The van der Waals surface area contributed by atoms with Crippen LogP contribution in [0.1, 0.15) is 0 Å². The Kier molecular flexibility index (Phi) is 1.67. The summed E-state index contributed by atoms with van der Waals surface area (Å²) < 4.78 is 14.8. The van der Waals surface area contributed by atoms with Gasteiger partial charge in [-0.25, -0.2) is 14.4 Å². The molecule has 0 saturated carbocycles. The average Bonchev–Trinajstić information content (AvgIpc) is 2.69. The number of halogens is 2. The predicted octanol–water partition coefficient (Wildman–Crippen LogP) is 2.68. The minimum Gasteiger partial charge on any atom is -0.295 e. The second-order valence-corrected chi connectivity index (χ2v) is 3.51. The van der Waals surface area contributed by atoms with E-state index in [0.29, 0.717) is 21.8 Å². The van der Waals surface area contributed by atoms with E-state index in [2.05, 4.69) is 9.97 Å². The first-order valence-electron chi connectivity index (χ1n) is 4.33. The number of hydrogen-bond acceptors (Lipinski definition) is 2. The summed E-state index contributed by atoms with van der Waals surface area (Å²) in [5.74, 6) is -0.304. The standard InChI is InChI=1S/C10H5ClFN3/c11-9-10-13-3-4-15(10)8-5-6(12)1-2-7(8)14-9/h1-5H. The summed E-state index contributed by atoms with van der Waals surface area (Å²) >= 11 is 5.93. The van der Waals surface area contributed by atoms with E-state index in [1.54, 1.807) is 22.9 Å². The van der Waals surface area contributed by atoms with Crippen molar-refractivity contribution in [2.24, 2.45) is 0 Å². The van der Waals surface area contributed by atoms with Crippen molar-refractivity contribution in [3.05, 3.63) is 41.6 Å². The summed E-state index contributed by atoms with van der Waals surface area (Å²) in [7, 11) is 0. The zero-order valence-electron chi connectivity index (χ0n) is 7.48. The Bertz CT molecular complexity index is 662. The third kappa shape index (κ3) is 1.18. The van der Waals surface area contributed by atoms with Gasteiger partial charge in [0.2, 0.25) is 0 Å². The van der Waals surface area contributed by atoms with Crippen LogP contribution in [0.15, 0.2) is 30.6 Å². The average molecular weight is 222 g/mol. The minimum absolute atomic E-state index is 0.304. The van der Waals surface area contributed by atoms with Gasteiger partial charge in [-0.05, 0) is 12.1 Å². The van der Waals surface area contributed by atoms with Crippen LogP contribution in [0.2, 0.25) is 5.15 Å². The molecule has 0 aliphatic carbocycles. The molecule has 0 aliphatic heterocycles. The third-order valence-corrected chi connectivity index (χ3v) is 2.49. The second-order valence-electron chi connectivity index (χ2n) is 3.16. The van der Waals surface area contributed by atoms with Crippen molar-refractivity contribution in [2.75, 3.05) is 0 Å². The maximum atomic E-state index is 13.1. The van der Waals surface area contributed by atoms with Crippen molar-refractivity contribution in [2.45, 2.75) is 0 Å². The summed E-state index contributed by atoms with van der Waals surface area (Å²) in [6.45, 7) is 0. The second kappa shape index (κ2) is 2.90. The predicted molar refractivity (Wildman–Crippen MR) is 55.5 cm³/mol. The topological polar surface area (TPSA) is 30.2 Å². The van der Waals surface area contributed by atoms with E-state index in [1.165, 1.54) is 12.1 Å². The zero-order chi connectivity index (χ0) is 10.4. The molecule has 3 aromatic rings. The highest BCUT2D eigenvalue weighted by Gasteiger charge is 2.07. The largest absolute Gasteiger partial charge is 0.295 e. The van der Waals surface area contributed by atoms with Crippen LogP contribution < -0.4 is 0 Å². The number of benzene rings is 1. The van der Waals surface area contributed by atoms with Gasteiger partial charge in [0, 0.05) is 18.5 Å². The normalized spacial score (nSPS) is 11.3. The van der Waals surface area contributed by atoms with Gasteiger partial charge in [0.05, 0.1) is 11.0 Å². The van der Waals surface area contributed by atoms with Gasteiger partial charge < -0.3 is 0 Å². The fraction of sp³-hybridized carbons (Fsp3) is 0. The lowest BCUT2D eigenvalue weighted by molar-refractivity contribution is 0.629. The van der Waals surface area contributed by atoms with Crippen molar-refractivity contribution in [3.63, 3.8) is 0 Å². The van der Waals surface area contributed by atoms with Crippen LogP contribution in [-0.4, -0.2) is 14.4 Å². The molecule has 3 nitrogen and oxygen atoms in total. The Labute approximate surface area is 89.1 Å². The maximum absolute atomic E-state index is 13.1. The van der Waals surface area contributed by atoms with Gasteiger partial charge in [-0.2, -0.15) is 0 Å². The molecule has 0 bridgehead atoms. The molecule has 0 fully saturated rings. The van der Waals surface area contributed by atoms with E-state index in [9.17, 15) is 4.39 Å². The molecule has 2 aromatic heterocycles. The summed E-state index contributed by atoms with van der Waals surface area (Å²) in [5.41, 5.74) is 1.84. The maximum Gasteiger partial charge on any atom is 0.175 e. The van der Waals surface area contributed by atoms with Gasteiger partial charge in [0.25, 0.3) is 0 Å². The first-order chi connectivity index (χ1) is 7.25. The molecular formula is C10H5ClFN3. The van der Waals surface area contributed by atoms with Gasteiger partial charge >= 0.3 is 0 Å². The Morgan fingerprint density at radius 1 is 1.33 bits per heavy atom. The number of hydrogen-bond donors (Lipinski definition) is 0. The molecule has 0 saturated heterocycles. The highest BCUT2D eigenvalue weighted by atomic mass is 35.5. The van der Waals surface area contributed by atoms with Crippen molar-refractivity contribution in [1.82, 2.24) is 14.4 Å². The molecule has 0 radical (unpaired) electrons. The van der Waals surface area contributed by atoms with Crippen LogP contribution in [0.5, 0.6) is 0 Å². The molecule has 0 unspecified atom stereocenters. The molecule has 0 amide bonds. The molecule has 15 heavy (non-hydrogen) atoms. The zero-order valence-corrected chi connectivity index (χ0v) is 8.24. The summed E-state index contributed by atoms with van der Waals surface area (Å²) in [6.07, 6.45) is 3.33. The molecule has 1 aromatic carbocycles. The van der Waals surface area contributed by atoms with E-state index in [0.717, 1.165) is 0 Å². The summed E-state index contributed by atoms with van der Waals surface area (Å²) in [5, 5.41) is 0.319. The first kappa shape index (κ1) is 8.61. The molecule has 3 rings (SSSR count). The van der Waals surface area contributed by atoms with Gasteiger partial charge in [0.1, 0.15) is 5.82 Å². The van der Waals surface area contributed by atoms with E-state index in [1.807, 2.05) is 0 Å². The lowest BCUT2D eigenvalue weighted by Gasteiger charge is -2.02. The minimum atomic E-state index is -0.304. The molecule has 2 heterocycles. The number of aromatic nitrogens is 3. The molecule has 0 aliphatic rings. The lowest BCUT2D eigenvalue weighted by atomic mass is 10.3. The smallest absolute Gasteiger partial charge is 0.175 e. The van der Waals surface area contributed by atoms with Gasteiger partial charge in [-0.15, -0.1) is 0 Å². The Hall–Kier alpha value is -1.68. The van der Waals surface area contributed by atoms with E-state index >= 15 is 0 Å². The first-order valence-corrected chi connectivity index (χ1v) is 4.71. The Morgan fingerprint density at radius 3 is 3.07 bits per heavy atom. The van der Waals surface area contributed by atoms with Crippen molar-refractivity contribution < 1.29 is 4.39 Å². The van der Waals surface area contributed by atoms with Crippen molar-refractivity contribution >= 4 is 28.3 Å². The van der Waals surface area contributed by atoms with Gasteiger partial charge in [0.15, 0.2) is 10.8 Å². The molecule has 74 valence electrons. The number of rotatable bonds is 0. The van der Waals surface area contributed by atoms with Crippen LogP contribution >= 0.6 is 11.6 Å². The van der Waals surface area contributed by atoms with E-state index in [-0.39, 0.29) is 5.82 Å². The Morgan fingerprint density at radius 2 is 2.20 bits per heavy atom. The fourth-order valence-corrected chi connectivity index (χ4v) is 1.82. The van der Waals surface area contributed by atoms with Crippen LogP contribution in [-0.2, 0) is 0 Å². The quantitative estimate of drug-likeness (QED) is 0.584. The van der Waals surface area contributed by atoms with Crippen LogP contribution in [0.25, 0.3) is 16.7 Å². The van der Waals surface area contributed by atoms with E-state index < -0.39 is 0 Å². The Balaban J connectivity index is 2.61. The van der Waals surface area contributed by atoms with Crippen molar-refractivity contribution in [1.29, 1.82) is 0 Å². The SMILES string of the molecule is Fc1ccc2nc(Cl)c3nccn3c2c1. The summed E-state index contributed by atoms with van der Waals surface area (Å²) in [6, 6.07) is 4.36. The van der Waals surface area contributed by atoms with Crippen LogP contribution in [0.3, 0.4) is 0 Å². The molecule has 0 spiro atoms. The van der Waals surface area contributed by atoms with Crippen LogP contribution in [0, 0.1) is 5.82 Å². The molecular weight excluding hydrogens is 217 g/mol. The number of fused-ring (bicyclic) bond motifs is 3.